The molecule has 1 saturated heterocycles. The fourth-order valence-corrected chi connectivity index (χ4v) is 4.66. The van der Waals surface area contributed by atoms with Crippen molar-refractivity contribution in [3.8, 4) is 11.1 Å². The molecule has 5 nitrogen and oxygen atoms in total. The van der Waals surface area contributed by atoms with Gasteiger partial charge in [0.05, 0.1) is 16.6 Å². The van der Waals surface area contributed by atoms with Gasteiger partial charge in [-0.1, -0.05) is 48.4 Å². The quantitative estimate of drug-likeness (QED) is 0.475. The first-order chi connectivity index (χ1) is 16.2. The summed E-state index contributed by atoms with van der Waals surface area (Å²) in [5.41, 5.74) is 0.697. The molecule has 0 bridgehead atoms. The largest absolute Gasteiger partial charge is 0.417 e. The number of benzene rings is 1. The smallest absolute Gasteiger partial charge is 0.342 e. The lowest BCUT2D eigenvalue weighted by Crippen LogP contribution is -2.55. The normalized spacial score (nSPS) is 19.4. The lowest BCUT2D eigenvalue weighted by atomic mass is 9.80. The molecule has 0 radical (unpaired) electrons. The number of hydrogen-bond acceptors (Lipinski definition) is 4. The number of pyridine rings is 2. The van der Waals surface area contributed by atoms with Gasteiger partial charge >= 0.3 is 6.18 Å². The number of carbonyl (C=O) groups excluding carboxylic acids is 1. The standard InChI is InChI=1S/C25H24ClF3N4O/c1-24(11-2-3-13-32-24)22(17-8-6-16(7-9-17)18-5-4-12-30-15-18)33-23(34)21-20(26)19(10-14-31-21)25(27,28)29/h4-10,12,14-15,22,32H,2-3,11,13H2,1H3,(H,33,34)/t22-,24-/m0/s1. The molecule has 1 aliphatic heterocycles. The molecule has 0 spiro atoms. The summed E-state index contributed by atoms with van der Waals surface area (Å²) < 4.78 is 39.9. The van der Waals surface area contributed by atoms with E-state index in [1.807, 2.05) is 43.3 Å². The number of halogens is 4. The average molecular weight is 489 g/mol. The molecule has 178 valence electrons. The van der Waals surface area contributed by atoms with Gasteiger partial charge in [-0.15, -0.1) is 0 Å². The molecular formula is C25H24ClF3N4O. The van der Waals surface area contributed by atoms with Crippen molar-refractivity contribution in [1.82, 2.24) is 20.6 Å². The van der Waals surface area contributed by atoms with E-state index in [0.717, 1.165) is 54.8 Å². The maximum atomic E-state index is 13.3. The van der Waals surface area contributed by atoms with Crippen LogP contribution in [0.2, 0.25) is 5.02 Å². The van der Waals surface area contributed by atoms with Gasteiger partial charge in [-0.2, -0.15) is 13.2 Å². The average Bonchev–Trinajstić information content (AvgIpc) is 2.83. The molecular weight excluding hydrogens is 465 g/mol. The molecule has 3 aromatic rings. The van der Waals surface area contributed by atoms with Crippen molar-refractivity contribution in [2.75, 3.05) is 6.54 Å². The maximum Gasteiger partial charge on any atom is 0.417 e. The van der Waals surface area contributed by atoms with Crippen molar-refractivity contribution in [3.63, 3.8) is 0 Å². The molecule has 4 rings (SSSR count). The summed E-state index contributed by atoms with van der Waals surface area (Å²) in [6.07, 6.45) is 2.48. The first-order valence-corrected chi connectivity index (χ1v) is 11.3. The number of hydrogen-bond donors (Lipinski definition) is 2. The van der Waals surface area contributed by atoms with E-state index in [1.54, 1.807) is 12.4 Å². The van der Waals surface area contributed by atoms with Crippen LogP contribution in [0.25, 0.3) is 11.1 Å². The Hall–Kier alpha value is -2.97. The highest BCUT2D eigenvalue weighted by atomic mass is 35.5. The van der Waals surface area contributed by atoms with Crippen LogP contribution in [0.5, 0.6) is 0 Å². The van der Waals surface area contributed by atoms with Gasteiger partial charge in [0, 0.05) is 24.1 Å². The SMILES string of the molecule is C[C@@]1([C@@H](NC(=O)c2nccc(C(F)(F)F)c2Cl)c2ccc(-c3cccnc3)cc2)CCCCN1. The second kappa shape index (κ2) is 9.72. The summed E-state index contributed by atoms with van der Waals surface area (Å²) in [6.45, 7) is 2.78. The Bertz CT molecular complexity index is 1150. The van der Waals surface area contributed by atoms with Crippen LogP contribution >= 0.6 is 11.6 Å². The fraction of sp³-hybridized carbons (Fsp3) is 0.320. The van der Waals surface area contributed by atoms with Crippen LogP contribution in [0.15, 0.2) is 61.1 Å². The lowest BCUT2D eigenvalue weighted by molar-refractivity contribution is -0.137. The Morgan fingerprint density at radius 1 is 1.12 bits per heavy atom. The van der Waals surface area contributed by atoms with E-state index in [-0.39, 0.29) is 0 Å². The van der Waals surface area contributed by atoms with Crippen molar-refractivity contribution in [2.24, 2.45) is 0 Å². The van der Waals surface area contributed by atoms with Crippen LogP contribution < -0.4 is 10.6 Å². The molecule has 0 saturated carbocycles. The van der Waals surface area contributed by atoms with Gasteiger partial charge in [0.2, 0.25) is 0 Å². The summed E-state index contributed by atoms with van der Waals surface area (Å²) in [4.78, 5) is 21.1. The number of rotatable bonds is 5. The van der Waals surface area contributed by atoms with Gasteiger partial charge in [-0.25, -0.2) is 4.98 Å². The van der Waals surface area contributed by atoms with Crippen LogP contribution in [0.4, 0.5) is 13.2 Å². The van der Waals surface area contributed by atoms with Gasteiger partial charge in [0.1, 0.15) is 5.69 Å². The van der Waals surface area contributed by atoms with Gasteiger partial charge in [-0.05, 0) is 55.1 Å². The number of nitrogens with zero attached hydrogens (tertiary/aromatic N) is 2. The second-order valence-corrected chi connectivity index (χ2v) is 8.97. The molecule has 2 N–H and O–H groups in total. The minimum absolute atomic E-state index is 0.451. The summed E-state index contributed by atoms with van der Waals surface area (Å²) >= 11 is 5.96. The van der Waals surface area contributed by atoms with Crippen molar-refractivity contribution in [3.05, 3.63) is 82.9 Å². The van der Waals surface area contributed by atoms with Crippen LogP contribution in [-0.2, 0) is 6.18 Å². The molecule has 2 atom stereocenters. The predicted octanol–water partition coefficient (Wildman–Crippen LogP) is 5.82. The third kappa shape index (κ3) is 5.08. The van der Waals surface area contributed by atoms with E-state index in [2.05, 4.69) is 20.6 Å². The second-order valence-electron chi connectivity index (χ2n) is 8.59. The number of amides is 1. The molecule has 34 heavy (non-hydrogen) atoms. The number of carbonyl (C=O) groups is 1. The van der Waals surface area contributed by atoms with Gasteiger partial charge in [0.25, 0.3) is 5.91 Å². The monoisotopic (exact) mass is 488 g/mol. The number of alkyl halides is 3. The van der Waals surface area contributed by atoms with Crippen molar-refractivity contribution < 1.29 is 18.0 Å². The third-order valence-corrected chi connectivity index (χ3v) is 6.60. The molecule has 1 amide bonds. The molecule has 1 aromatic carbocycles. The molecule has 3 heterocycles. The van der Waals surface area contributed by atoms with E-state index in [0.29, 0.717) is 0 Å². The van der Waals surface area contributed by atoms with Crippen LogP contribution in [0.1, 0.15) is 53.8 Å². The van der Waals surface area contributed by atoms with Crippen molar-refractivity contribution in [2.45, 2.75) is 43.9 Å². The lowest BCUT2D eigenvalue weighted by Gasteiger charge is -2.42. The molecule has 0 unspecified atom stereocenters. The first-order valence-electron chi connectivity index (χ1n) is 11.0. The summed E-state index contributed by atoms with van der Waals surface area (Å²) in [5, 5.41) is 5.69. The predicted molar refractivity (Wildman–Crippen MR) is 124 cm³/mol. The first kappa shape index (κ1) is 24.2. The van der Waals surface area contributed by atoms with Gasteiger partial charge in [-0.3, -0.25) is 9.78 Å². The Morgan fingerprint density at radius 2 is 1.88 bits per heavy atom. The molecule has 1 aliphatic rings. The van der Waals surface area contributed by atoms with Crippen LogP contribution in [0, 0.1) is 0 Å². The van der Waals surface area contributed by atoms with Crippen molar-refractivity contribution in [1.29, 1.82) is 0 Å². The van der Waals surface area contributed by atoms with E-state index >= 15 is 0 Å². The van der Waals surface area contributed by atoms with Crippen LogP contribution in [-0.4, -0.2) is 28.0 Å². The van der Waals surface area contributed by atoms with E-state index in [4.69, 9.17) is 11.6 Å². The van der Waals surface area contributed by atoms with E-state index in [9.17, 15) is 18.0 Å². The highest BCUT2D eigenvalue weighted by Gasteiger charge is 2.39. The molecule has 2 aromatic heterocycles. The third-order valence-electron chi connectivity index (χ3n) is 6.21. The zero-order chi connectivity index (χ0) is 24.3. The molecule has 9 heteroatoms. The highest BCUT2D eigenvalue weighted by Crippen LogP contribution is 2.37. The maximum absolute atomic E-state index is 13.3. The summed E-state index contributed by atoms with van der Waals surface area (Å²) in [5.74, 6) is -0.758. The van der Waals surface area contributed by atoms with Crippen molar-refractivity contribution >= 4 is 17.5 Å². The number of piperidine rings is 1. The van der Waals surface area contributed by atoms with E-state index in [1.165, 1.54) is 0 Å². The fourth-order valence-electron chi connectivity index (χ4n) is 4.36. The Labute approximate surface area is 200 Å². The minimum Gasteiger partial charge on any atom is -0.342 e. The Kier molecular flexibility index (Phi) is 6.91. The van der Waals surface area contributed by atoms with Crippen LogP contribution in [0.3, 0.4) is 0 Å². The Balaban J connectivity index is 1.67. The highest BCUT2D eigenvalue weighted by molar-refractivity contribution is 6.34. The molecule has 1 fully saturated rings. The Morgan fingerprint density at radius 3 is 2.50 bits per heavy atom. The summed E-state index contributed by atoms with van der Waals surface area (Å²) in [6, 6.07) is 11.7. The number of nitrogens with one attached hydrogen (secondary N) is 2. The van der Waals surface area contributed by atoms with Gasteiger partial charge in [0.15, 0.2) is 0 Å². The van der Waals surface area contributed by atoms with E-state index < -0.39 is 39.9 Å². The topological polar surface area (TPSA) is 66.9 Å². The zero-order valence-corrected chi connectivity index (χ0v) is 19.2. The van der Waals surface area contributed by atoms with Gasteiger partial charge < -0.3 is 10.6 Å². The summed E-state index contributed by atoms with van der Waals surface area (Å²) in [7, 11) is 0. The number of aromatic nitrogens is 2. The minimum atomic E-state index is -4.69. The molecule has 0 aliphatic carbocycles. The zero-order valence-electron chi connectivity index (χ0n) is 18.5.